The summed E-state index contributed by atoms with van der Waals surface area (Å²) in [4.78, 5) is 51.8. The number of carbonyl (C=O) groups is 4. The number of primary amides is 1. The molecule has 1 aromatic carbocycles. The average molecular weight is 498 g/mol. The maximum atomic E-state index is 13.7. The second-order valence-electron chi connectivity index (χ2n) is 9.14. The number of nitrogens with zero attached hydrogens (tertiary/aromatic N) is 2. The summed E-state index contributed by atoms with van der Waals surface area (Å²) in [6, 6.07) is 5.93. The van der Waals surface area contributed by atoms with Crippen LogP contribution in [0.1, 0.15) is 70.5 Å². The number of nitrogens with one attached hydrogen (secondary N) is 2. The van der Waals surface area contributed by atoms with Crippen molar-refractivity contribution in [3.63, 3.8) is 0 Å². The Balaban J connectivity index is 3.42. The number of carbonyl (C=O) groups excluding carboxylic acids is 4. The van der Waals surface area contributed by atoms with Gasteiger partial charge in [0.15, 0.2) is 0 Å². The van der Waals surface area contributed by atoms with Gasteiger partial charge in [0.1, 0.15) is 24.2 Å². The monoisotopic (exact) mass is 497 g/mol. The number of alkyl carbamates (subject to hydrolysis) is 1. The van der Waals surface area contributed by atoms with Crippen LogP contribution in [0, 0.1) is 23.7 Å². The summed E-state index contributed by atoms with van der Waals surface area (Å²) in [5, 5.41) is 14.8. The summed E-state index contributed by atoms with van der Waals surface area (Å²) in [6.07, 6.45) is 5.76. The van der Waals surface area contributed by atoms with Gasteiger partial charge in [-0.25, -0.2) is 4.79 Å². The molecular formula is C26H35N5O5. The molecule has 0 radical (unpaired) electrons. The van der Waals surface area contributed by atoms with Crippen molar-refractivity contribution in [2.45, 2.75) is 71.1 Å². The molecule has 0 aliphatic carbocycles. The number of unbranched alkanes of at least 4 members (excludes halogenated alkanes) is 1. The zero-order valence-corrected chi connectivity index (χ0v) is 21.3. The van der Waals surface area contributed by atoms with Gasteiger partial charge in [-0.2, -0.15) is 5.26 Å². The summed E-state index contributed by atoms with van der Waals surface area (Å²) in [5.74, 6) is 0.582. The summed E-state index contributed by atoms with van der Waals surface area (Å²) >= 11 is 0. The van der Waals surface area contributed by atoms with Crippen LogP contribution in [-0.2, 0) is 19.1 Å². The predicted octanol–water partition coefficient (Wildman–Crippen LogP) is 2.14. The molecule has 2 atom stereocenters. The van der Waals surface area contributed by atoms with E-state index < -0.39 is 48.0 Å². The first kappa shape index (κ1) is 30.0. The SMILES string of the molecule is C#Cc1ccc(C(C(=O)NCCCC)N(CC#N)C(=O)C(CCC(N)=O)NC(=O)OC(C)(C)C)cc1. The van der Waals surface area contributed by atoms with E-state index in [0.29, 0.717) is 17.7 Å². The summed E-state index contributed by atoms with van der Waals surface area (Å²) in [7, 11) is 0. The van der Waals surface area contributed by atoms with E-state index in [4.69, 9.17) is 16.9 Å². The third-order valence-corrected chi connectivity index (χ3v) is 4.98. The van der Waals surface area contributed by atoms with E-state index in [1.807, 2.05) is 13.0 Å². The van der Waals surface area contributed by atoms with Gasteiger partial charge in [-0.3, -0.25) is 14.4 Å². The van der Waals surface area contributed by atoms with Gasteiger partial charge in [0.25, 0.3) is 0 Å². The van der Waals surface area contributed by atoms with Crippen LogP contribution >= 0.6 is 0 Å². The smallest absolute Gasteiger partial charge is 0.408 e. The second-order valence-corrected chi connectivity index (χ2v) is 9.14. The standard InChI is InChI=1S/C26H35N5O5/c1-6-8-16-29-23(33)22(19-11-9-18(7-2)10-12-19)31(17-15-27)24(34)20(13-14-21(28)32)30-25(35)36-26(3,4)5/h2,9-12,20,22H,6,8,13-14,16-17H2,1,3-5H3,(H2,28,32)(H,29,33)(H,30,35). The van der Waals surface area contributed by atoms with Crippen LogP contribution < -0.4 is 16.4 Å². The Morgan fingerprint density at radius 3 is 2.33 bits per heavy atom. The van der Waals surface area contributed by atoms with Crippen molar-refractivity contribution in [1.29, 1.82) is 5.26 Å². The van der Waals surface area contributed by atoms with Crippen molar-refractivity contribution in [1.82, 2.24) is 15.5 Å². The third kappa shape index (κ3) is 10.1. The molecule has 1 aromatic rings. The molecule has 0 aliphatic rings. The minimum Gasteiger partial charge on any atom is -0.444 e. The Hall–Kier alpha value is -4.05. The van der Waals surface area contributed by atoms with Crippen molar-refractivity contribution in [3.8, 4) is 18.4 Å². The molecule has 194 valence electrons. The van der Waals surface area contributed by atoms with E-state index >= 15 is 0 Å². The molecule has 10 nitrogen and oxygen atoms in total. The highest BCUT2D eigenvalue weighted by Crippen LogP contribution is 2.24. The largest absolute Gasteiger partial charge is 0.444 e. The van der Waals surface area contributed by atoms with Crippen molar-refractivity contribution in [2.75, 3.05) is 13.1 Å². The van der Waals surface area contributed by atoms with E-state index in [-0.39, 0.29) is 12.8 Å². The molecule has 4 N–H and O–H groups in total. The molecule has 0 heterocycles. The zero-order chi connectivity index (χ0) is 27.3. The summed E-state index contributed by atoms with van der Waals surface area (Å²) < 4.78 is 5.25. The Morgan fingerprint density at radius 2 is 1.83 bits per heavy atom. The molecule has 1 rings (SSSR count). The highest BCUT2D eigenvalue weighted by molar-refractivity contribution is 5.92. The van der Waals surface area contributed by atoms with Gasteiger partial charge in [-0.05, 0) is 51.3 Å². The van der Waals surface area contributed by atoms with E-state index in [9.17, 15) is 24.4 Å². The number of hydrogen-bond acceptors (Lipinski definition) is 6. The number of ether oxygens (including phenoxy) is 1. The lowest BCUT2D eigenvalue weighted by atomic mass is 10.0. The van der Waals surface area contributed by atoms with E-state index in [2.05, 4.69) is 16.6 Å². The fourth-order valence-corrected chi connectivity index (χ4v) is 3.29. The lowest BCUT2D eigenvalue weighted by Gasteiger charge is -2.33. The van der Waals surface area contributed by atoms with Crippen LogP contribution in [0.3, 0.4) is 0 Å². The molecule has 0 saturated carbocycles. The van der Waals surface area contributed by atoms with Gasteiger partial charge in [-0.15, -0.1) is 6.42 Å². The maximum absolute atomic E-state index is 13.7. The first-order valence-corrected chi connectivity index (χ1v) is 11.7. The molecule has 0 saturated heterocycles. The molecule has 4 amide bonds. The minimum absolute atomic E-state index is 0.143. The number of terminal acetylenes is 1. The van der Waals surface area contributed by atoms with Crippen LogP contribution in [0.2, 0.25) is 0 Å². The fraction of sp³-hybridized carbons (Fsp3) is 0.500. The van der Waals surface area contributed by atoms with Crippen LogP contribution in [0.25, 0.3) is 0 Å². The molecule has 36 heavy (non-hydrogen) atoms. The van der Waals surface area contributed by atoms with Crippen LogP contribution in [-0.4, -0.2) is 53.4 Å². The Morgan fingerprint density at radius 1 is 1.19 bits per heavy atom. The third-order valence-electron chi connectivity index (χ3n) is 4.98. The first-order valence-electron chi connectivity index (χ1n) is 11.7. The van der Waals surface area contributed by atoms with Crippen molar-refractivity contribution in [2.24, 2.45) is 5.73 Å². The normalized spacial score (nSPS) is 12.3. The highest BCUT2D eigenvalue weighted by atomic mass is 16.6. The van der Waals surface area contributed by atoms with Gasteiger partial charge in [0.05, 0.1) is 6.07 Å². The van der Waals surface area contributed by atoms with Crippen LogP contribution in [0.15, 0.2) is 24.3 Å². The van der Waals surface area contributed by atoms with Gasteiger partial charge < -0.3 is 26.0 Å². The summed E-state index contributed by atoms with van der Waals surface area (Å²) in [5.41, 5.74) is 5.43. The maximum Gasteiger partial charge on any atom is 0.408 e. The molecule has 0 spiro atoms. The van der Waals surface area contributed by atoms with E-state index in [0.717, 1.165) is 17.7 Å². The molecule has 0 fully saturated rings. The number of amides is 4. The molecule has 2 unspecified atom stereocenters. The van der Waals surface area contributed by atoms with Gasteiger partial charge in [-0.1, -0.05) is 31.4 Å². The predicted molar refractivity (Wildman–Crippen MR) is 134 cm³/mol. The fourth-order valence-electron chi connectivity index (χ4n) is 3.29. The number of benzene rings is 1. The van der Waals surface area contributed by atoms with E-state index in [1.54, 1.807) is 45.0 Å². The first-order chi connectivity index (χ1) is 16.9. The van der Waals surface area contributed by atoms with Crippen molar-refractivity contribution in [3.05, 3.63) is 35.4 Å². The zero-order valence-electron chi connectivity index (χ0n) is 21.3. The Bertz CT molecular complexity index is 1000. The van der Waals surface area contributed by atoms with Crippen molar-refractivity contribution >= 4 is 23.8 Å². The number of nitrogens with two attached hydrogens (primary N) is 1. The van der Waals surface area contributed by atoms with Crippen molar-refractivity contribution < 1.29 is 23.9 Å². The average Bonchev–Trinajstić information content (AvgIpc) is 2.80. The van der Waals surface area contributed by atoms with Gasteiger partial charge in [0, 0.05) is 18.5 Å². The molecule has 0 aromatic heterocycles. The van der Waals surface area contributed by atoms with Gasteiger partial charge >= 0.3 is 6.09 Å². The number of hydrogen-bond donors (Lipinski definition) is 3. The Kier molecular flexibility index (Phi) is 12.0. The topological polar surface area (TPSA) is 155 Å². The molecule has 0 bridgehead atoms. The molecule has 0 aliphatic heterocycles. The number of rotatable bonds is 12. The lowest BCUT2D eigenvalue weighted by molar-refractivity contribution is -0.142. The quantitative estimate of drug-likeness (QED) is 0.228. The highest BCUT2D eigenvalue weighted by Gasteiger charge is 2.36. The minimum atomic E-state index is -1.27. The van der Waals surface area contributed by atoms with Crippen LogP contribution in [0.4, 0.5) is 4.79 Å². The number of nitriles is 1. The summed E-state index contributed by atoms with van der Waals surface area (Å²) in [6.45, 7) is 6.87. The second kappa shape index (κ2) is 14.4. The van der Waals surface area contributed by atoms with E-state index in [1.165, 1.54) is 0 Å². The molecule has 10 heteroatoms. The Labute approximate surface area is 212 Å². The molecular weight excluding hydrogens is 462 g/mol. The van der Waals surface area contributed by atoms with Crippen LogP contribution in [0.5, 0.6) is 0 Å². The lowest BCUT2D eigenvalue weighted by Crippen LogP contribution is -2.53. The van der Waals surface area contributed by atoms with Gasteiger partial charge in [0.2, 0.25) is 17.7 Å².